The first-order chi connectivity index (χ1) is 15.4. The van der Waals surface area contributed by atoms with Crippen molar-refractivity contribution in [3.05, 3.63) is 58.7 Å². The lowest BCUT2D eigenvalue weighted by Crippen LogP contribution is -2.22. The fraction of sp³-hybridized carbons (Fsp3) is 0.571. The fourth-order valence-electron chi connectivity index (χ4n) is 4.81. The molecule has 0 unspecified atom stereocenters. The van der Waals surface area contributed by atoms with Gasteiger partial charge in [0.15, 0.2) is 0 Å². The molecule has 0 amide bonds. The Balaban J connectivity index is 2.39. The molecule has 0 bridgehead atoms. The molecular formula is C28H44N2O2. The summed E-state index contributed by atoms with van der Waals surface area (Å²) >= 11 is 0. The molecule has 0 saturated carbocycles. The number of aromatic hydroxyl groups is 2. The first kappa shape index (κ1) is 26.2. The molecule has 0 aromatic heterocycles. The van der Waals surface area contributed by atoms with Crippen LogP contribution in [0.15, 0.2) is 36.4 Å². The van der Waals surface area contributed by atoms with Crippen molar-refractivity contribution in [2.45, 2.75) is 79.3 Å². The van der Waals surface area contributed by atoms with E-state index in [1.165, 1.54) is 11.1 Å². The van der Waals surface area contributed by atoms with Crippen LogP contribution in [-0.4, -0.2) is 46.2 Å². The van der Waals surface area contributed by atoms with Crippen molar-refractivity contribution in [3.8, 4) is 11.5 Å². The van der Waals surface area contributed by atoms with Crippen LogP contribution in [0.4, 0.5) is 0 Å². The first-order valence-electron chi connectivity index (χ1n) is 12.5. The van der Waals surface area contributed by atoms with E-state index in [-0.39, 0.29) is 0 Å². The summed E-state index contributed by atoms with van der Waals surface area (Å²) in [6.45, 7) is 18.6. The van der Waals surface area contributed by atoms with Crippen LogP contribution in [0.3, 0.4) is 0 Å². The Morgan fingerprint density at radius 2 is 0.938 bits per heavy atom. The largest absolute Gasteiger partial charge is 0.508 e. The van der Waals surface area contributed by atoms with E-state index in [2.05, 4.69) is 75.6 Å². The van der Waals surface area contributed by atoms with Gasteiger partial charge in [-0.25, -0.2) is 0 Å². The summed E-state index contributed by atoms with van der Waals surface area (Å²) in [4.78, 5) is 4.66. The van der Waals surface area contributed by atoms with Crippen molar-refractivity contribution >= 4 is 0 Å². The quantitative estimate of drug-likeness (QED) is 0.375. The molecule has 2 N–H and O–H groups in total. The van der Waals surface area contributed by atoms with E-state index in [4.69, 9.17) is 0 Å². The molecule has 0 aliphatic heterocycles. The van der Waals surface area contributed by atoms with Crippen LogP contribution < -0.4 is 0 Å². The molecule has 4 heteroatoms. The van der Waals surface area contributed by atoms with Gasteiger partial charge in [0.1, 0.15) is 11.5 Å². The highest BCUT2D eigenvalue weighted by Crippen LogP contribution is 2.40. The van der Waals surface area contributed by atoms with E-state index in [9.17, 15) is 10.2 Å². The highest BCUT2D eigenvalue weighted by Gasteiger charge is 2.24. The highest BCUT2D eigenvalue weighted by molar-refractivity contribution is 5.42. The van der Waals surface area contributed by atoms with Gasteiger partial charge in [-0.1, -0.05) is 65.8 Å². The minimum atomic E-state index is 0.363. The molecular weight excluding hydrogens is 396 g/mol. The predicted molar refractivity (Wildman–Crippen MR) is 136 cm³/mol. The van der Waals surface area contributed by atoms with Crippen molar-refractivity contribution in [1.29, 1.82) is 0 Å². The molecule has 2 atom stereocenters. The van der Waals surface area contributed by atoms with Gasteiger partial charge < -0.3 is 10.2 Å². The zero-order valence-corrected chi connectivity index (χ0v) is 21.1. The molecule has 2 aromatic rings. The summed E-state index contributed by atoms with van der Waals surface area (Å²) in [5.41, 5.74) is 4.59. The van der Waals surface area contributed by atoms with Crippen LogP contribution in [0.25, 0.3) is 0 Å². The second-order valence-corrected chi connectivity index (χ2v) is 8.73. The number of hydrogen-bond acceptors (Lipinski definition) is 4. The summed E-state index contributed by atoms with van der Waals surface area (Å²) in [6, 6.07) is 12.3. The second-order valence-electron chi connectivity index (χ2n) is 8.73. The van der Waals surface area contributed by atoms with E-state index in [0.29, 0.717) is 23.3 Å². The number of benzene rings is 2. The minimum absolute atomic E-state index is 0.363. The third-order valence-electron chi connectivity index (χ3n) is 7.01. The maximum atomic E-state index is 10.5. The number of hydrogen-bond donors (Lipinski definition) is 2. The number of phenolic OH excluding ortho intramolecular Hbond substituents is 2. The van der Waals surface area contributed by atoms with Crippen LogP contribution in [-0.2, 0) is 13.1 Å². The standard InChI is InChI=1S/C28H44N2O2/c1-7-25(21-13-15-27(31)23(17-21)19-29(9-3)10-4)26(8-2)22-14-16-28(32)24(18-22)20-30(11-5)12-6/h13-18,25-26,31-32H,7-12,19-20H2,1-6H3/t25-,26-/m1/s1. The Morgan fingerprint density at radius 3 is 1.22 bits per heavy atom. The van der Waals surface area contributed by atoms with Gasteiger partial charge in [-0.2, -0.15) is 0 Å². The molecule has 32 heavy (non-hydrogen) atoms. The summed E-state index contributed by atoms with van der Waals surface area (Å²) in [5.74, 6) is 1.49. The van der Waals surface area contributed by atoms with E-state index in [1.54, 1.807) is 0 Å². The Morgan fingerprint density at radius 1 is 0.594 bits per heavy atom. The Labute approximate surface area is 195 Å². The lowest BCUT2D eigenvalue weighted by molar-refractivity contribution is 0.290. The van der Waals surface area contributed by atoms with Crippen molar-refractivity contribution in [3.63, 3.8) is 0 Å². The normalized spacial score (nSPS) is 13.6. The van der Waals surface area contributed by atoms with Gasteiger partial charge >= 0.3 is 0 Å². The minimum Gasteiger partial charge on any atom is -0.508 e. The molecule has 0 fully saturated rings. The van der Waals surface area contributed by atoms with Gasteiger partial charge in [0.25, 0.3) is 0 Å². The average molecular weight is 441 g/mol. The number of phenols is 2. The topological polar surface area (TPSA) is 46.9 Å². The molecule has 0 aliphatic rings. The first-order valence-corrected chi connectivity index (χ1v) is 12.5. The lowest BCUT2D eigenvalue weighted by Gasteiger charge is -2.28. The van der Waals surface area contributed by atoms with Crippen molar-refractivity contribution < 1.29 is 10.2 Å². The monoisotopic (exact) mass is 440 g/mol. The van der Waals surface area contributed by atoms with Crippen molar-refractivity contribution in [1.82, 2.24) is 9.80 Å². The smallest absolute Gasteiger partial charge is 0.120 e. The zero-order valence-electron chi connectivity index (χ0n) is 21.1. The van der Waals surface area contributed by atoms with Crippen LogP contribution in [0.5, 0.6) is 11.5 Å². The van der Waals surface area contributed by atoms with E-state index in [0.717, 1.165) is 63.2 Å². The molecule has 178 valence electrons. The van der Waals surface area contributed by atoms with Crippen LogP contribution in [0.2, 0.25) is 0 Å². The summed E-state index contributed by atoms with van der Waals surface area (Å²) in [7, 11) is 0. The SMILES string of the molecule is CC[C@H](c1ccc(O)c(CN(CC)CC)c1)[C@H](CC)c1ccc(O)c(CN(CC)CC)c1. The highest BCUT2D eigenvalue weighted by atomic mass is 16.3. The van der Waals surface area contributed by atoms with E-state index < -0.39 is 0 Å². The molecule has 2 aromatic carbocycles. The van der Waals surface area contributed by atoms with Crippen molar-refractivity contribution in [2.24, 2.45) is 0 Å². The molecule has 0 radical (unpaired) electrons. The fourth-order valence-corrected chi connectivity index (χ4v) is 4.81. The maximum Gasteiger partial charge on any atom is 0.120 e. The van der Waals surface area contributed by atoms with Crippen molar-refractivity contribution in [2.75, 3.05) is 26.2 Å². The zero-order chi connectivity index (χ0) is 23.7. The molecule has 0 aliphatic carbocycles. The Hall–Kier alpha value is -2.04. The number of rotatable bonds is 13. The Bertz CT molecular complexity index is 759. The third kappa shape index (κ3) is 6.49. The van der Waals surface area contributed by atoms with Gasteiger partial charge in [-0.3, -0.25) is 9.80 Å². The summed E-state index contributed by atoms with van der Waals surface area (Å²) < 4.78 is 0. The van der Waals surface area contributed by atoms with Gasteiger partial charge in [0.05, 0.1) is 0 Å². The van der Waals surface area contributed by atoms with Gasteiger partial charge in [0.2, 0.25) is 0 Å². The van der Waals surface area contributed by atoms with E-state index in [1.807, 2.05) is 12.1 Å². The molecule has 2 rings (SSSR count). The number of nitrogens with zero attached hydrogens (tertiary/aromatic N) is 2. The van der Waals surface area contributed by atoms with Gasteiger partial charge in [0, 0.05) is 24.2 Å². The van der Waals surface area contributed by atoms with Crippen LogP contribution in [0.1, 0.15) is 88.5 Å². The maximum absolute atomic E-state index is 10.5. The Kier molecular flexibility index (Phi) is 10.5. The molecule has 0 saturated heterocycles. The molecule has 4 nitrogen and oxygen atoms in total. The molecule has 0 spiro atoms. The summed E-state index contributed by atoms with van der Waals surface area (Å²) in [6.07, 6.45) is 2.06. The van der Waals surface area contributed by atoms with Crippen LogP contribution in [0, 0.1) is 0 Å². The average Bonchev–Trinajstić information content (AvgIpc) is 2.81. The molecule has 0 heterocycles. The van der Waals surface area contributed by atoms with Gasteiger partial charge in [-0.05, 0) is 74.1 Å². The van der Waals surface area contributed by atoms with Crippen LogP contribution >= 0.6 is 0 Å². The van der Waals surface area contributed by atoms with Gasteiger partial charge in [-0.15, -0.1) is 0 Å². The summed E-state index contributed by atoms with van der Waals surface area (Å²) in [5, 5.41) is 21.0. The second kappa shape index (κ2) is 12.9. The third-order valence-corrected chi connectivity index (χ3v) is 7.01. The van der Waals surface area contributed by atoms with E-state index >= 15 is 0 Å². The lowest BCUT2D eigenvalue weighted by atomic mass is 9.77. The predicted octanol–water partition coefficient (Wildman–Crippen LogP) is 6.47.